The van der Waals surface area contributed by atoms with Gasteiger partial charge in [-0.3, -0.25) is 19.2 Å². The number of hydrogen-bond acceptors (Lipinski definition) is 18. The number of alkyl halides is 1. The number of aryl methyl sites for hydroxylation is 9. The van der Waals surface area contributed by atoms with Crippen molar-refractivity contribution < 1.29 is 66.4 Å². The van der Waals surface area contributed by atoms with E-state index >= 15 is 0 Å². The van der Waals surface area contributed by atoms with Gasteiger partial charge < -0.3 is 31.5 Å². The van der Waals surface area contributed by atoms with Gasteiger partial charge in [-0.25, -0.2) is 16.8 Å². The minimum atomic E-state index is -3.62. The van der Waals surface area contributed by atoms with Crippen LogP contribution in [-0.2, 0) is 29.5 Å². The van der Waals surface area contributed by atoms with Crippen LogP contribution >= 0.6 is 135 Å². The standard InChI is InChI=1S/C17H20ClNO2S.C17H21NO2S.C13H17ClOS2.C12H14ClNS.C10H14ClN.C10H13ClS.C10H15N.C9H22N2O.C6H6O.C2H2BrN.CH4.ClH.Na.H2O/c1-11(2)15-9-13(4)16(18)10-17(15)19-22(20,21)14-7-5-12(3)6-8-14;1-12(2)16-11-14(4)7-10-17(16)18-21(19,20)15-8-5-13(3)6-9-15;1-5-15-13(16)17-12-7-11(14)9(4)6-10(12)8(2)3;1-8(2)10-6-9(3)11(13)7-12(10)15-5-4-14;2*1-6(2)8-4-7(3)9(11)5-10(8)12;1-7(2)9-6-8(3)4-5-10(9)11;1-9(2,3)12-8(10(4)5)11(6)7;7-6-4-2-1-3-5-6;3-1-2-4;;;;/h5-11,19H,1-4H3;5-12,18H,1-4H3;6-8H,5H2,1-4H3;6-8H,5H2,1-3H3;4-6H,12H2,1-3H3;4-6,12H,1-3H3;4-7H,11H2,1-3H3;8H,1-7H3;1-5,7H;1H2;1H4;1H;;1H2/q;;;;;;;;;;;;+1;/p-1. The van der Waals surface area contributed by atoms with Gasteiger partial charge in [-0.15, -0.1) is 36.8 Å². The Bertz CT molecular complexity index is 5560. The van der Waals surface area contributed by atoms with Crippen LogP contribution in [0.1, 0.15) is 262 Å². The number of thiocarbonyl (C=S) groups is 1. The van der Waals surface area contributed by atoms with Gasteiger partial charge in [0.25, 0.3) is 20.0 Å². The summed E-state index contributed by atoms with van der Waals surface area (Å²) in [4.78, 5) is 7.82. The summed E-state index contributed by atoms with van der Waals surface area (Å²) in [5.74, 6) is 3.62. The predicted molar refractivity (Wildman–Crippen MR) is 604 cm³/mol. The number of ether oxygens (including phenoxy) is 2. The molecular weight excluding hydrogens is 2030 g/mol. The Morgan fingerprint density at radius 1 is 0.482 bits per heavy atom. The van der Waals surface area contributed by atoms with E-state index in [0.29, 0.717) is 73.8 Å². The molecule has 0 aliphatic heterocycles. The molecule has 0 aliphatic carbocycles. The van der Waals surface area contributed by atoms with Crippen molar-refractivity contribution in [1.29, 1.82) is 10.5 Å². The van der Waals surface area contributed by atoms with Crippen molar-refractivity contribution in [2.24, 2.45) is 0 Å². The second-order valence-corrected chi connectivity index (χ2v) is 44.4. The molecule has 752 valence electrons. The molecular formula is C107H150BrCl6N8NaO8S6. The Labute approximate surface area is 906 Å². The average molecular weight is 2180 g/mol. The molecule has 0 unspecified atom stereocenters. The summed E-state index contributed by atoms with van der Waals surface area (Å²) < 4.78 is 67.0. The number of nitriles is 2. The Morgan fingerprint density at radius 3 is 1.17 bits per heavy atom. The molecule has 0 bridgehead atoms. The molecule has 0 saturated heterocycles. The number of phenols is 1. The van der Waals surface area contributed by atoms with Crippen molar-refractivity contribution in [1.82, 2.24) is 9.80 Å². The van der Waals surface area contributed by atoms with Gasteiger partial charge in [-0.2, -0.15) is 10.5 Å². The van der Waals surface area contributed by atoms with Crippen LogP contribution in [0.5, 0.6) is 5.75 Å². The average Bonchev–Trinajstić information content (AvgIpc) is 0.812. The summed E-state index contributed by atoms with van der Waals surface area (Å²) in [6.45, 7) is 56.3. The number of anilines is 4. The molecule has 10 aromatic carbocycles. The van der Waals surface area contributed by atoms with Crippen LogP contribution in [0.3, 0.4) is 0 Å². The summed E-state index contributed by atoms with van der Waals surface area (Å²) in [5, 5.41) is 28.9. The third-order valence-corrected chi connectivity index (χ3v) is 27.0. The summed E-state index contributed by atoms with van der Waals surface area (Å²) in [6, 6.07) is 57.9. The van der Waals surface area contributed by atoms with E-state index in [2.05, 4.69) is 185 Å². The number of thioether (sulfide) groups is 2. The third-order valence-electron chi connectivity index (χ3n) is 19.4. The number of nitrogen functional groups attached to an aromatic ring is 2. The Kier molecular flexibility index (Phi) is 68.5. The zero-order valence-corrected chi connectivity index (χ0v) is 98.6. The van der Waals surface area contributed by atoms with Crippen LogP contribution in [0.25, 0.3) is 0 Å². The number of halogens is 7. The van der Waals surface area contributed by atoms with Crippen LogP contribution in [0.2, 0.25) is 25.1 Å². The summed E-state index contributed by atoms with van der Waals surface area (Å²) in [5.41, 5.74) is 32.3. The minimum Gasteiger partial charge on any atom is -0.870 e. The number of rotatable bonds is 20. The first kappa shape index (κ1) is 137. The van der Waals surface area contributed by atoms with Crippen molar-refractivity contribution in [2.45, 2.75) is 272 Å². The zero-order valence-electron chi connectivity index (χ0n) is 85.4. The van der Waals surface area contributed by atoms with Crippen molar-refractivity contribution in [3.05, 3.63) is 290 Å². The number of phenolic OH excluding ortho intramolecular Hbond substituents is 1. The SMILES string of the molecule is C.CCOC(=S)Sc1cc(Cl)c(C)cc1C(C)C.CN(C)C(OC(C)(C)C)N(C)C.Cc1cc(C(C)C)c(N)cc1Cl.Cc1cc(C(C)C)c(S)cc1Cl.Cc1cc(C(C)C)c(SCC#N)cc1Cl.Cc1ccc(N)c(C(C)C)c1.Cc1ccc(S(=O)(=O)Nc2cc(Cl)c(C)cc2C(C)C)cc1.Cc1ccc(S(=O)(=O)Nc2ccc(C)cc2C(C)C)cc1.Cl.N#CCBr.Oc1ccccc1.[Na+].[OH-]. The largest absolute Gasteiger partial charge is 1.00 e. The number of hydrogen-bond donors (Lipinski definition) is 6. The fraction of sp³-hybridized carbons (Fsp3) is 0.411. The first-order valence-electron chi connectivity index (χ1n) is 43.8. The molecule has 16 nitrogen and oxygen atoms in total. The molecule has 0 atom stereocenters. The molecule has 0 aromatic heterocycles. The van der Waals surface area contributed by atoms with Crippen LogP contribution in [-0.4, -0.2) is 99.4 Å². The number of nitrogens with two attached hydrogens (primary N) is 2. The molecule has 137 heavy (non-hydrogen) atoms. The fourth-order valence-electron chi connectivity index (χ4n) is 12.2. The normalized spacial score (nSPS) is 10.6. The molecule has 10 rings (SSSR count). The molecule has 0 spiro atoms. The van der Waals surface area contributed by atoms with E-state index in [4.69, 9.17) is 107 Å². The molecule has 8 N–H and O–H groups in total. The quantitative estimate of drug-likeness (QED) is 0.00787. The molecule has 0 heterocycles. The maximum Gasteiger partial charge on any atom is 1.00 e. The zero-order chi connectivity index (χ0) is 102. The van der Waals surface area contributed by atoms with E-state index < -0.39 is 20.0 Å². The maximum atomic E-state index is 12.5. The van der Waals surface area contributed by atoms with Gasteiger partial charge in [-0.05, 0) is 329 Å². The Morgan fingerprint density at radius 2 is 0.810 bits per heavy atom. The molecule has 10 aromatic rings. The first-order valence-corrected chi connectivity index (χ1v) is 52.5. The van der Waals surface area contributed by atoms with Gasteiger partial charge in [0.1, 0.15) is 5.75 Å². The monoisotopic (exact) mass is 2180 g/mol. The number of thiol groups is 1. The maximum absolute atomic E-state index is 12.5. The first-order chi connectivity index (χ1) is 61.7. The van der Waals surface area contributed by atoms with Gasteiger partial charge in [-0.1, -0.05) is 298 Å². The van der Waals surface area contributed by atoms with Crippen LogP contribution < -0.4 is 50.5 Å². The van der Waals surface area contributed by atoms with E-state index in [1.165, 1.54) is 45.1 Å². The predicted octanol–water partition coefficient (Wildman–Crippen LogP) is 30.2. The Balaban J connectivity index is -0.000000730. The van der Waals surface area contributed by atoms with Gasteiger partial charge in [0.2, 0.25) is 4.38 Å². The molecule has 0 fully saturated rings. The minimum absolute atomic E-state index is 0. The number of nitrogens with one attached hydrogen (secondary N) is 2. The van der Waals surface area contributed by atoms with E-state index in [0.717, 1.165) is 102 Å². The molecule has 0 amide bonds. The van der Waals surface area contributed by atoms with E-state index in [9.17, 15) is 16.8 Å². The van der Waals surface area contributed by atoms with Crippen LogP contribution in [0.15, 0.2) is 200 Å². The number of sulfonamides is 2. The Hall–Kier alpha value is -5.92. The number of aromatic hydroxyl groups is 1. The third kappa shape index (κ3) is 51.7. The number of nitrogens with zero attached hydrogens (tertiary/aromatic N) is 4. The smallest absolute Gasteiger partial charge is 0.870 e. The summed E-state index contributed by atoms with van der Waals surface area (Å²) >= 11 is 45.7. The van der Waals surface area contributed by atoms with Gasteiger partial charge in [0, 0.05) is 51.2 Å². The second-order valence-electron chi connectivity index (χ2n) is 35.3. The topological polar surface area (TPSA) is 267 Å². The molecule has 0 aliphatic rings. The molecule has 0 saturated carbocycles. The fourth-order valence-corrected chi connectivity index (χ4v) is 18.1. The van der Waals surface area contributed by atoms with E-state index in [-0.39, 0.29) is 88.4 Å². The van der Waals surface area contributed by atoms with E-state index in [1.807, 2.05) is 187 Å². The molecule has 0 radical (unpaired) electrons. The van der Waals surface area contributed by atoms with Crippen molar-refractivity contribution in [3.63, 3.8) is 0 Å². The van der Waals surface area contributed by atoms with Gasteiger partial charge in [0.05, 0.1) is 56.6 Å². The van der Waals surface area contributed by atoms with Crippen molar-refractivity contribution >= 4 is 182 Å². The van der Waals surface area contributed by atoms with Gasteiger partial charge >= 0.3 is 29.6 Å². The van der Waals surface area contributed by atoms with Crippen LogP contribution in [0.4, 0.5) is 22.7 Å². The van der Waals surface area contributed by atoms with Crippen molar-refractivity contribution in [2.75, 3.05) is 66.8 Å². The van der Waals surface area contributed by atoms with Crippen LogP contribution in [0, 0.1) is 85.0 Å². The molecule has 30 heteroatoms. The second kappa shape index (κ2) is 68.3. The number of benzene rings is 10. The van der Waals surface area contributed by atoms with E-state index in [1.54, 1.807) is 90.6 Å². The van der Waals surface area contributed by atoms with Gasteiger partial charge in [0.15, 0.2) is 6.35 Å². The summed E-state index contributed by atoms with van der Waals surface area (Å²) in [6.07, 6.45) is 0.0463. The summed E-state index contributed by atoms with van der Waals surface area (Å²) in [7, 11) is 0.868. The van der Waals surface area contributed by atoms with Crippen molar-refractivity contribution in [3.8, 4) is 17.9 Å². The number of para-hydroxylation sites is 1.